The average molecular weight is 929 g/mol. The Hall–Kier alpha value is -8.51. The van der Waals surface area contributed by atoms with Crippen LogP contribution >= 0.6 is 11.6 Å². The summed E-state index contributed by atoms with van der Waals surface area (Å²) in [4.78, 5) is 55.4. The molecule has 8 rings (SSSR count). The molecule has 0 saturated heterocycles. The van der Waals surface area contributed by atoms with E-state index >= 15 is 0 Å². The second-order valence-corrected chi connectivity index (χ2v) is 15.1. The Morgan fingerprint density at radius 3 is 1.46 bits per heavy atom. The summed E-state index contributed by atoms with van der Waals surface area (Å²) in [5.74, 6) is 2.83. The fourth-order valence-corrected chi connectivity index (χ4v) is 7.44. The third-order valence-corrected chi connectivity index (χ3v) is 11.1. The van der Waals surface area contributed by atoms with Crippen molar-refractivity contribution in [3.63, 3.8) is 0 Å². The van der Waals surface area contributed by atoms with E-state index in [-0.39, 0.29) is 28.2 Å². The smallest absolute Gasteiger partial charge is 0.292 e. The molecule has 0 aliphatic heterocycles. The molecule has 18 nitrogen and oxygen atoms in total. The topological polar surface area (TPSA) is 231 Å². The largest absolute Gasteiger partial charge is 0.497 e. The average Bonchev–Trinajstić information content (AvgIpc) is 3.33. The lowest BCUT2D eigenvalue weighted by molar-refractivity contribution is -0.384. The van der Waals surface area contributed by atoms with Gasteiger partial charge >= 0.3 is 0 Å². The van der Waals surface area contributed by atoms with Gasteiger partial charge in [0.2, 0.25) is 0 Å². The Morgan fingerprint density at radius 1 is 0.612 bits per heavy atom. The minimum absolute atomic E-state index is 0.0394. The maximum Gasteiger partial charge on any atom is 0.292 e. The number of nitro benzene ring substituents is 2. The number of benzene rings is 4. The maximum absolute atomic E-state index is 13.3. The molecule has 0 radical (unpaired) electrons. The van der Waals surface area contributed by atoms with Gasteiger partial charge in [0.15, 0.2) is 0 Å². The monoisotopic (exact) mass is 928 g/mol. The molecule has 0 saturated carbocycles. The summed E-state index contributed by atoms with van der Waals surface area (Å²) in [6, 6.07) is 26.7. The predicted octanol–water partition coefficient (Wildman–Crippen LogP) is 9.33. The van der Waals surface area contributed by atoms with Crippen molar-refractivity contribution in [3.05, 3.63) is 167 Å². The van der Waals surface area contributed by atoms with Crippen molar-refractivity contribution in [2.75, 3.05) is 39.5 Å². The van der Waals surface area contributed by atoms with Crippen LogP contribution in [0.25, 0.3) is 44.1 Å². The minimum atomic E-state index is -0.505. The molecule has 0 bridgehead atoms. The van der Waals surface area contributed by atoms with Crippen LogP contribution in [-0.4, -0.2) is 57.4 Å². The molecule has 3 N–H and O–H groups in total. The molecule has 0 fully saturated rings. The van der Waals surface area contributed by atoms with E-state index in [1.54, 1.807) is 137 Å². The van der Waals surface area contributed by atoms with Gasteiger partial charge in [-0.05, 0) is 73.5 Å². The molecule has 0 unspecified atom stereocenters. The van der Waals surface area contributed by atoms with Crippen LogP contribution in [0.3, 0.4) is 0 Å². The quantitative estimate of drug-likeness (QED) is 0.0563. The molecule has 67 heavy (non-hydrogen) atoms. The van der Waals surface area contributed by atoms with Crippen LogP contribution in [0.4, 0.5) is 28.6 Å². The van der Waals surface area contributed by atoms with Crippen LogP contribution in [0.5, 0.6) is 23.0 Å². The molecule has 0 aliphatic rings. The highest BCUT2D eigenvalue weighted by molar-refractivity contribution is 6.31. The number of hydrogen-bond acceptors (Lipinski definition) is 14. The van der Waals surface area contributed by atoms with Crippen molar-refractivity contribution in [1.82, 2.24) is 19.1 Å². The van der Waals surface area contributed by atoms with Gasteiger partial charge in [-0.2, -0.15) is 0 Å². The highest BCUT2D eigenvalue weighted by atomic mass is 35.5. The fraction of sp³-hybridized carbons (Fsp3) is 0.167. The lowest BCUT2D eigenvalue weighted by Gasteiger charge is -2.15. The van der Waals surface area contributed by atoms with Crippen molar-refractivity contribution in [1.29, 1.82) is 0 Å². The summed E-state index contributed by atoms with van der Waals surface area (Å²) in [6.45, 7) is 3.67. The van der Waals surface area contributed by atoms with E-state index in [4.69, 9.17) is 36.3 Å². The Labute approximate surface area is 388 Å². The van der Waals surface area contributed by atoms with Crippen molar-refractivity contribution in [2.45, 2.75) is 13.8 Å². The number of fused-ring (bicyclic) bond motifs is 2. The highest BCUT2D eigenvalue weighted by Crippen LogP contribution is 2.34. The van der Waals surface area contributed by atoms with E-state index in [1.165, 1.54) is 18.2 Å². The van der Waals surface area contributed by atoms with Gasteiger partial charge in [-0.1, -0.05) is 35.9 Å². The lowest BCUT2D eigenvalue weighted by Crippen LogP contribution is -2.20. The summed E-state index contributed by atoms with van der Waals surface area (Å²) in [5, 5.41) is 26.5. The number of hydrogen-bond donors (Lipinski definition) is 2. The van der Waals surface area contributed by atoms with Crippen molar-refractivity contribution in [2.24, 2.45) is 14.1 Å². The van der Waals surface area contributed by atoms with E-state index in [9.17, 15) is 29.8 Å². The molecule has 0 aliphatic carbocycles. The van der Waals surface area contributed by atoms with Crippen LogP contribution in [0.15, 0.2) is 119 Å². The Morgan fingerprint density at radius 2 is 1.03 bits per heavy atom. The molecule has 19 heteroatoms. The number of nitro groups is 2. The number of halogens is 1. The molecule has 4 heterocycles. The summed E-state index contributed by atoms with van der Waals surface area (Å²) in [7, 11) is 9.67. The normalized spacial score (nSPS) is 10.6. The Bertz CT molecular complexity index is 3280. The summed E-state index contributed by atoms with van der Waals surface area (Å²) < 4.78 is 24.4. The van der Waals surface area contributed by atoms with Crippen molar-refractivity contribution >= 4 is 62.0 Å². The third-order valence-electron chi connectivity index (χ3n) is 10.7. The molecular weight excluding hydrogens is 884 g/mol. The number of aromatic nitrogens is 4. The van der Waals surface area contributed by atoms with E-state index < -0.39 is 9.85 Å². The zero-order chi connectivity index (χ0) is 48.7. The fourth-order valence-electron chi connectivity index (χ4n) is 7.31. The van der Waals surface area contributed by atoms with Gasteiger partial charge in [-0.25, -0.2) is 9.97 Å². The van der Waals surface area contributed by atoms with Gasteiger partial charge in [0.25, 0.3) is 22.5 Å². The molecule has 344 valence electrons. The van der Waals surface area contributed by atoms with Gasteiger partial charge in [-0.15, -0.1) is 0 Å². The van der Waals surface area contributed by atoms with Crippen LogP contribution in [0, 0.1) is 34.1 Å². The van der Waals surface area contributed by atoms with E-state index in [0.717, 1.165) is 27.4 Å². The van der Waals surface area contributed by atoms with Crippen molar-refractivity contribution in [3.8, 4) is 45.3 Å². The van der Waals surface area contributed by atoms with E-state index in [0.29, 0.717) is 67.4 Å². The number of pyridine rings is 4. The van der Waals surface area contributed by atoms with Gasteiger partial charge in [0.05, 0.1) is 49.3 Å². The number of rotatable bonds is 10. The summed E-state index contributed by atoms with van der Waals surface area (Å²) in [6.07, 6.45) is 3.31. The predicted molar refractivity (Wildman–Crippen MR) is 259 cm³/mol. The number of para-hydroxylation sites is 4. The lowest BCUT2D eigenvalue weighted by atomic mass is 10.0. The van der Waals surface area contributed by atoms with E-state index in [1.807, 2.05) is 19.9 Å². The molecule has 4 aromatic carbocycles. The van der Waals surface area contributed by atoms with Gasteiger partial charge in [0, 0.05) is 83.8 Å². The van der Waals surface area contributed by atoms with Gasteiger partial charge in [-0.3, -0.25) is 29.8 Å². The molecule has 0 spiro atoms. The summed E-state index contributed by atoms with van der Waals surface area (Å²) in [5.41, 5.74) is 10.7. The second-order valence-electron chi connectivity index (χ2n) is 14.8. The minimum Gasteiger partial charge on any atom is -0.497 e. The third kappa shape index (κ3) is 10.2. The van der Waals surface area contributed by atoms with Gasteiger partial charge in [0.1, 0.15) is 45.3 Å². The number of ether oxygens (including phenoxy) is 4. The summed E-state index contributed by atoms with van der Waals surface area (Å²) >= 11 is 6.09. The SMILES string of the molecule is COc1cc(OC)cc(-c2cc3cnc(Cl)c(C)c3n(C)c2=O)c1.COc1cc(OC)cc(-c2cc3cnc(Nc4ccccc4[N+](=O)[O-])c(C)c3n(C)c2=O)c1.Nc1ccccc1[N+](=O)[O-]. The standard InChI is InChI=1S/C24H22N4O5.C18H17ClN2O3.C6H6N2O2/c1-14-22-16(13-25-23(14)26-20-7-5-6-8-21(20)28(30)31)11-19(24(29)27(22)2)15-9-17(32-3)12-18(10-15)33-4;1-10-16-12(9-20-17(10)19)7-15(18(22)21(16)2)11-5-13(23-3)8-14(6-11)24-4;7-5-3-1-2-4-6(5)8(9)10/h5-13H,1-4H3,(H,25,26);5-9H,1-4H3;1-4H,7H2. The van der Waals surface area contributed by atoms with Crippen LogP contribution in [0.1, 0.15) is 11.1 Å². The number of aryl methyl sites for hydroxylation is 4. The van der Waals surface area contributed by atoms with E-state index in [2.05, 4.69) is 15.3 Å². The number of nitrogens with two attached hydrogens (primary N) is 1. The zero-order valence-corrected chi connectivity index (χ0v) is 38.4. The zero-order valence-electron chi connectivity index (χ0n) is 37.6. The number of methoxy groups -OCH3 is 4. The first-order chi connectivity index (χ1) is 32.0. The first-order valence-electron chi connectivity index (χ1n) is 20.1. The van der Waals surface area contributed by atoms with Gasteiger partial charge < -0.3 is 39.1 Å². The van der Waals surface area contributed by atoms with Crippen LogP contribution in [-0.2, 0) is 14.1 Å². The number of anilines is 3. The molecule has 8 aromatic rings. The first-order valence-corrected chi connectivity index (χ1v) is 20.5. The molecule has 0 atom stereocenters. The molecular formula is C48H45ClN8O10. The number of nitrogens with zero attached hydrogens (tertiary/aromatic N) is 6. The number of nitrogens with one attached hydrogen (secondary N) is 1. The first kappa shape index (κ1) is 48.0. The maximum atomic E-state index is 13.3. The van der Waals surface area contributed by atoms with Crippen molar-refractivity contribution < 1.29 is 28.8 Å². The second kappa shape index (κ2) is 20.5. The highest BCUT2D eigenvalue weighted by Gasteiger charge is 2.19. The van der Waals surface area contributed by atoms with Crippen LogP contribution < -0.4 is 41.1 Å². The molecule has 0 amide bonds. The molecule has 4 aromatic heterocycles. The Kier molecular flexibility index (Phi) is 14.7. The number of nitrogen functional groups attached to an aromatic ring is 1. The Balaban J connectivity index is 0.000000189. The van der Waals surface area contributed by atoms with Crippen LogP contribution in [0.2, 0.25) is 5.15 Å².